The van der Waals surface area contributed by atoms with Crippen LogP contribution >= 0.6 is 0 Å². The highest BCUT2D eigenvalue weighted by molar-refractivity contribution is 5.38. The lowest BCUT2D eigenvalue weighted by Gasteiger charge is -2.34. The second-order valence-electron chi connectivity index (χ2n) is 4.60. The third-order valence-electron chi connectivity index (χ3n) is 3.15. The van der Waals surface area contributed by atoms with Gasteiger partial charge in [0.2, 0.25) is 11.9 Å². The predicted octanol–water partition coefficient (Wildman–Crippen LogP) is -0.237. The van der Waals surface area contributed by atoms with Gasteiger partial charge in [0.1, 0.15) is 0 Å². The van der Waals surface area contributed by atoms with Crippen LogP contribution in [0.15, 0.2) is 0 Å². The van der Waals surface area contributed by atoms with E-state index in [-0.39, 0.29) is 24.0 Å². The third kappa shape index (κ3) is 3.21. The van der Waals surface area contributed by atoms with Crippen LogP contribution in [-0.4, -0.2) is 45.9 Å². The minimum Gasteiger partial charge on any atom is -0.464 e. The van der Waals surface area contributed by atoms with Crippen LogP contribution in [0.25, 0.3) is 0 Å². The molecule has 0 radical (unpaired) electrons. The molecule has 0 aromatic carbocycles. The molecule has 2 unspecified atom stereocenters. The standard InChI is InChI=1S/C11H20N6O2/c1-3-19-11-14-9(16-12)13-10(15-11)17-5-4-8(18)7(2)6-17/h7-8,18H,3-6,12H2,1-2H3,(H,13,14,15,16). The molecular formula is C11H20N6O2. The number of nitrogens with two attached hydrogens (primary N) is 1. The van der Waals surface area contributed by atoms with E-state index < -0.39 is 0 Å². The van der Waals surface area contributed by atoms with E-state index in [1.807, 2.05) is 18.7 Å². The number of hydrogen-bond acceptors (Lipinski definition) is 8. The summed E-state index contributed by atoms with van der Waals surface area (Å²) in [5, 5.41) is 9.75. The molecule has 2 rings (SSSR count). The molecule has 0 amide bonds. The zero-order chi connectivity index (χ0) is 13.8. The number of aromatic nitrogens is 3. The van der Waals surface area contributed by atoms with Gasteiger partial charge in [0, 0.05) is 13.1 Å². The van der Waals surface area contributed by atoms with Gasteiger partial charge in [-0.25, -0.2) is 5.84 Å². The number of anilines is 2. The SMILES string of the molecule is CCOc1nc(NN)nc(N2CCC(O)C(C)C2)n1. The molecule has 0 aliphatic carbocycles. The molecule has 19 heavy (non-hydrogen) atoms. The Bertz CT molecular complexity index is 430. The van der Waals surface area contributed by atoms with Crippen molar-refractivity contribution in [2.45, 2.75) is 26.4 Å². The van der Waals surface area contributed by atoms with Gasteiger partial charge in [0.25, 0.3) is 0 Å². The van der Waals surface area contributed by atoms with Crippen molar-refractivity contribution >= 4 is 11.9 Å². The highest BCUT2D eigenvalue weighted by Crippen LogP contribution is 2.22. The molecule has 0 bridgehead atoms. The van der Waals surface area contributed by atoms with Crippen molar-refractivity contribution in [3.05, 3.63) is 0 Å². The minimum atomic E-state index is -0.267. The summed E-state index contributed by atoms with van der Waals surface area (Å²) in [6.07, 6.45) is 0.430. The average molecular weight is 268 g/mol. The van der Waals surface area contributed by atoms with E-state index >= 15 is 0 Å². The van der Waals surface area contributed by atoms with Crippen molar-refractivity contribution in [3.8, 4) is 6.01 Å². The molecular weight excluding hydrogens is 248 g/mol. The number of hydrazine groups is 1. The van der Waals surface area contributed by atoms with Crippen LogP contribution < -0.4 is 20.9 Å². The summed E-state index contributed by atoms with van der Waals surface area (Å²) in [5.74, 6) is 6.31. The summed E-state index contributed by atoms with van der Waals surface area (Å²) in [4.78, 5) is 14.5. The first-order valence-corrected chi connectivity index (χ1v) is 6.42. The van der Waals surface area contributed by atoms with Gasteiger partial charge in [0.05, 0.1) is 12.7 Å². The number of aliphatic hydroxyl groups is 1. The zero-order valence-electron chi connectivity index (χ0n) is 11.2. The first-order valence-electron chi connectivity index (χ1n) is 6.42. The summed E-state index contributed by atoms with van der Waals surface area (Å²) < 4.78 is 5.29. The van der Waals surface area contributed by atoms with E-state index in [9.17, 15) is 5.11 Å². The summed E-state index contributed by atoms with van der Waals surface area (Å²) in [5.41, 5.74) is 2.41. The van der Waals surface area contributed by atoms with Crippen LogP contribution in [0.4, 0.5) is 11.9 Å². The molecule has 0 spiro atoms. The Kier molecular flexibility index (Phi) is 4.33. The van der Waals surface area contributed by atoms with Gasteiger partial charge < -0.3 is 14.7 Å². The number of nitrogens with zero attached hydrogens (tertiary/aromatic N) is 4. The van der Waals surface area contributed by atoms with Gasteiger partial charge >= 0.3 is 6.01 Å². The van der Waals surface area contributed by atoms with Crippen molar-refractivity contribution < 1.29 is 9.84 Å². The monoisotopic (exact) mass is 268 g/mol. The smallest absolute Gasteiger partial charge is 0.323 e. The third-order valence-corrected chi connectivity index (χ3v) is 3.15. The Morgan fingerprint density at radius 3 is 2.89 bits per heavy atom. The Hall–Kier alpha value is -1.67. The second kappa shape index (κ2) is 5.98. The second-order valence-corrected chi connectivity index (χ2v) is 4.60. The van der Waals surface area contributed by atoms with Gasteiger partial charge in [-0.1, -0.05) is 6.92 Å². The number of nitrogen functional groups attached to an aromatic ring is 1. The van der Waals surface area contributed by atoms with Crippen molar-refractivity contribution in [2.75, 3.05) is 30.0 Å². The molecule has 8 heteroatoms. The van der Waals surface area contributed by atoms with E-state index in [1.54, 1.807) is 0 Å². The first-order chi connectivity index (χ1) is 9.13. The van der Waals surface area contributed by atoms with Crippen LogP contribution in [0.5, 0.6) is 6.01 Å². The molecule has 106 valence electrons. The number of ether oxygens (including phenoxy) is 1. The predicted molar refractivity (Wildman–Crippen MR) is 70.8 cm³/mol. The lowest BCUT2D eigenvalue weighted by Crippen LogP contribution is -2.42. The maximum absolute atomic E-state index is 9.75. The maximum atomic E-state index is 9.75. The van der Waals surface area contributed by atoms with Gasteiger partial charge in [-0.05, 0) is 19.3 Å². The molecule has 2 heterocycles. The molecule has 0 saturated carbocycles. The Morgan fingerprint density at radius 1 is 1.47 bits per heavy atom. The van der Waals surface area contributed by atoms with Gasteiger partial charge in [0.15, 0.2) is 0 Å². The topological polar surface area (TPSA) is 109 Å². The lowest BCUT2D eigenvalue weighted by atomic mass is 9.97. The van der Waals surface area contributed by atoms with Crippen LogP contribution in [0, 0.1) is 5.92 Å². The van der Waals surface area contributed by atoms with E-state index in [0.29, 0.717) is 32.1 Å². The minimum absolute atomic E-state index is 0.176. The number of piperidine rings is 1. The summed E-state index contributed by atoms with van der Waals surface area (Å²) in [6, 6.07) is 0.249. The highest BCUT2D eigenvalue weighted by atomic mass is 16.5. The molecule has 8 nitrogen and oxygen atoms in total. The fraction of sp³-hybridized carbons (Fsp3) is 0.727. The van der Waals surface area contributed by atoms with Crippen molar-refractivity contribution in [1.82, 2.24) is 15.0 Å². The van der Waals surface area contributed by atoms with Gasteiger partial charge in [-0.15, -0.1) is 0 Å². The highest BCUT2D eigenvalue weighted by Gasteiger charge is 2.26. The van der Waals surface area contributed by atoms with E-state index in [1.165, 1.54) is 0 Å². The van der Waals surface area contributed by atoms with Gasteiger partial charge in [-0.3, -0.25) is 5.43 Å². The Morgan fingerprint density at radius 2 is 2.26 bits per heavy atom. The summed E-state index contributed by atoms with van der Waals surface area (Å²) in [7, 11) is 0. The molecule has 1 aliphatic heterocycles. The molecule has 4 N–H and O–H groups in total. The number of hydrogen-bond donors (Lipinski definition) is 3. The average Bonchev–Trinajstić information content (AvgIpc) is 2.42. The molecule has 1 aromatic rings. The van der Waals surface area contributed by atoms with E-state index in [2.05, 4.69) is 20.4 Å². The Labute approximate surface area is 112 Å². The summed E-state index contributed by atoms with van der Waals surface area (Å²) in [6.45, 7) is 5.73. The summed E-state index contributed by atoms with van der Waals surface area (Å²) >= 11 is 0. The Balaban J connectivity index is 2.20. The lowest BCUT2D eigenvalue weighted by molar-refractivity contribution is 0.0966. The van der Waals surface area contributed by atoms with Crippen LogP contribution in [0.3, 0.4) is 0 Å². The largest absolute Gasteiger partial charge is 0.464 e. The molecule has 2 atom stereocenters. The fourth-order valence-electron chi connectivity index (χ4n) is 2.06. The van der Waals surface area contributed by atoms with Crippen LogP contribution in [0.1, 0.15) is 20.3 Å². The first kappa shape index (κ1) is 13.8. The van der Waals surface area contributed by atoms with Crippen molar-refractivity contribution in [3.63, 3.8) is 0 Å². The van der Waals surface area contributed by atoms with E-state index in [0.717, 1.165) is 0 Å². The zero-order valence-corrected chi connectivity index (χ0v) is 11.2. The van der Waals surface area contributed by atoms with E-state index in [4.69, 9.17) is 10.6 Å². The molecule has 1 saturated heterocycles. The number of aliphatic hydroxyl groups excluding tert-OH is 1. The van der Waals surface area contributed by atoms with Crippen LogP contribution in [0.2, 0.25) is 0 Å². The number of rotatable bonds is 4. The van der Waals surface area contributed by atoms with Crippen molar-refractivity contribution in [2.24, 2.45) is 11.8 Å². The number of nitrogens with one attached hydrogen (secondary N) is 1. The van der Waals surface area contributed by atoms with Gasteiger partial charge in [-0.2, -0.15) is 15.0 Å². The quantitative estimate of drug-likeness (QED) is 0.507. The molecule has 1 aliphatic rings. The maximum Gasteiger partial charge on any atom is 0.323 e. The fourth-order valence-corrected chi connectivity index (χ4v) is 2.06. The van der Waals surface area contributed by atoms with Crippen molar-refractivity contribution in [1.29, 1.82) is 0 Å². The van der Waals surface area contributed by atoms with Crippen LogP contribution in [-0.2, 0) is 0 Å². The molecule has 1 fully saturated rings. The normalized spacial score (nSPS) is 23.3. The molecule has 1 aromatic heterocycles.